The molecular formula is C11H17N3. The van der Waals surface area contributed by atoms with E-state index < -0.39 is 0 Å². The van der Waals surface area contributed by atoms with Gasteiger partial charge in [-0.05, 0) is 37.8 Å². The highest BCUT2D eigenvalue weighted by molar-refractivity contribution is 5.52. The standard InChI is InChI=1S/C11H17N3/c1-9-7-10(12)8-13-11(9)14-5-3-2-4-6-14/h7-8H,2-6,12H2,1H3. The molecule has 0 saturated carbocycles. The maximum atomic E-state index is 5.68. The van der Waals surface area contributed by atoms with Crippen molar-refractivity contribution in [3.05, 3.63) is 17.8 Å². The van der Waals surface area contributed by atoms with E-state index in [-0.39, 0.29) is 0 Å². The first-order valence-corrected chi connectivity index (χ1v) is 5.24. The Bertz CT molecular complexity index is 316. The lowest BCUT2D eigenvalue weighted by molar-refractivity contribution is 0.572. The molecule has 3 nitrogen and oxygen atoms in total. The predicted molar refractivity (Wildman–Crippen MR) is 59.5 cm³/mol. The molecule has 0 amide bonds. The molecule has 1 aliphatic heterocycles. The van der Waals surface area contributed by atoms with Gasteiger partial charge in [-0.2, -0.15) is 0 Å². The third kappa shape index (κ3) is 1.81. The number of nitrogens with zero attached hydrogens (tertiary/aromatic N) is 2. The fourth-order valence-electron chi connectivity index (χ4n) is 2.03. The van der Waals surface area contributed by atoms with Crippen molar-refractivity contribution in [3.8, 4) is 0 Å². The van der Waals surface area contributed by atoms with Gasteiger partial charge in [0.15, 0.2) is 0 Å². The second kappa shape index (κ2) is 3.86. The van der Waals surface area contributed by atoms with Gasteiger partial charge in [0, 0.05) is 13.1 Å². The van der Waals surface area contributed by atoms with Crippen LogP contribution in [-0.2, 0) is 0 Å². The summed E-state index contributed by atoms with van der Waals surface area (Å²) in [4.78, 5) is 6.76. The lowest BCUT2D eigenvalue weighted by Crippen LogP contribution is -2.30. The van der Waals surface area contributed by atoms with E-state index in [1.54, 1.807) is 6.20 Å². The molecule has 76 valence electrons. The highest BCUT2D eigenvalue weighted by atomic mass is 15.2. The number of aryl methyl sites for hydroxylation is 1. The van der Waals surface area contributed by atoms with E-state index in [4.69, 9.17) is 5.73 Å². The van der Waals surface area contributed by atoms with Crippen molar-refractivity contribution in [1.82, 2.24) is 4.98 Å². The molecule has 0 spiro atoms. The number of rotatable bonds is 1. The lowest BCUT2D eigenvalue weighted by atomic mass is 10.1. The number of aromatic nitrogens is 1. The summed E-state index contributed by atoms with van der Waals surface area (Å²) >= 11 is 0. The summed E-state index contributed by atoms with van der Waals surface area (Å²) in [5.74, 6) is 1.11. The van der Waals surface area contributed by atoms with Crippen molar-refractivity contribution in [1.29, 1.82) is 0 Å². The van der Waals surface area contributed by atoms with E-state index in [1.165, 1.54) is 24.8 Å². The molecule has 0 aromatic carbocycles. The molecule has 3 heteroatoms. The molecule has 2 heterocycles. The zero-order chi connectivity index (χ0) is 9.97. The lowest BCUT2D eigenvalue weighted by Gasteiger charge is -2.28. The Morgan fingerprint density at radius 3 is 2.64 bits per heavy atom. The Morgan fingerprint density at radius 2 is 2.00 bits per heavy atom. The van der Waals surface area contributed by atoms with E-state index in [9.17, 15) is 0 Å². The molecule has 14 heavy (non-hydrogen) atoms. The number of anilines is 2. The summed E-state index contributed by atoms with van der Waals surface area (Å²) in [5, 5.41) is 0. The highest BCUT2D eigenvalue weighted by Crippen LogP contribution is 2.22. The van der Waals surface area contributed by atoms with E-state index in [1.807, 2.05) is 6.07 Å². The zero-order valence-electron chi connectivity index (χ0n) is 8.66. The minimum atomic E-state index is 0.753. The van der Waals surface area contributed by atoms with Crippen LogP contribution >= 0.6 is 0 Å². The Labute approximate surface area is 84.9 Å². The predicted octanol–water partition coefficient (Wildman–Crippen LogP) is 1.96. The van der Waals surface area contributed by atoms with Gasteiger partial charge in [0.05, 0.1) is 11.9 Å². The average molecular weight is 191 g/mol. The van der Waals surface area contributed by atoms with Crippen LogP contribution in [0.5, 0.6) is 0 Å². The van der Waals surface area contributed by atoms with Crippen LogP contribution in [0, 0.1) is 6.92 Å². The number of piperidine rings is 1. The molecule has 1 aromatic rings. The normalized spacial score (nSPS) is 17.1. The minimum absolute atomic E-state index is 0.753. The topological polar surface area (TPSA) is 42.1 Å². The number of pyridine rings is 1. The van der Waals surface area contributed by atoms with Crippen LogP contribution in [0.3, 0.4) is 0 Å². The van der Waals surface area contributed by atoms with Crippen LogP contribution in [0.15, 0.2) is 12.3 Å². The molecule has 0 bridgehead atoms. The van der Waals surface area contributed by atoms with E-state index in [2.05, 4.69) is 16.8 Å². The van der Waals surface area contributed by atoms with Crippen LogP contribution < -0.4 is 10.6 Å². The second-order valence-electron chi connectivity index (χ2n) is 3.96. The third-order valence-electron chi connectivity index (χ3n) is 2.73. The van der Waals surface area contributed by atoms with E-state index in [0.717, 1.165) is 24.6 Å². The van der Waals surface area contributed by atoms with Crippen LogP contribution in [0.2, 0.25) is 0 Å². The van der Waals surface area contributed by atoms with Gasteiger partial charge in [-0.15, -0.1) is 0 Å². The average Bonchev–Trinajstić information content (AvgIpc) is 2.19. The SMILES string of the molecule is Cc1cc(N)cnc1N1CCCCC1. The smallest absolute Gasteiger partial charge is 0.131 e. The van der Waals surface area contributed by atoms with Gasteiger partial charge < -0.3 is 10.6 Å². The number of hydrogen-bond acceptors (Lipinski definition) is 3. The second-order valence-corrected chi connectivity index (χ2v) is 3.96. The zero-order valence-corrected chi connectivity index (χ0v) is 8.66. The molecule has 0 radical (unpaired) electrons. The summed E-state index contributed by atoms with van der Waals surface area (Å²) in [7, 11) is 0. The van der Waals surface area contributed by atoms with Crippen molar-refractivity contribution < 1.29 is 0 Å². The van der Waals surface area contributed by atoms with Crippen molar-refractivity contribution in [2.24, 2.45) is 0 Å². The van der Waals surface area contributed by atoms with Crippen LogP contribution in [0.4, 0.5) is 11.5 Å². The van der Waals surface area contributed by atoms with Gasteiger partial charge in [0.2, 0.25) is 0 Å². The largest absolute Gasteiger partial charge is 0.397 e. The molecular weight excluding hydrogens is 174 g/mol. The fourth-order valence-corrected chi connectivity index (χ4v) is 2.03. The molecule has 1 aliphatic rings. The Hall–Kier alpha value is -1.25. The molecule has 0 aliphatic carbocycles. The Morgan fingerprint density at radius 1 is 1.29 bits per heavy atom. The van der Waals surface area contributed by atoms with Crippen LogP contribution in [0.1, 0.15) is 24.8 Å². The van der Waals surface area contributed by atoms with E-state index >= 15 is 0 Å². The molecule has 0 unspecified atom stereocenters. The van der Waals surface area contributed by atoms with Gasteiger partial charge in [-0.25, -0.2) is 4.98 Å². The van der Waals surface area contributed by atoms with Crippen LogP contribution in [0.25, 0.3) is 0 Å². The van der Waals surface area contributed by atoms with E-state index in [0.29, 0.717) is 0 Å². The summed E-state index contributed by atoms with van der Waals surface area (Å²) in [6.07, 6.45) is 5.67. The first kappa shape index (κ1) is 9.31. The van der Waals surface area contributed by atoms with Crippen molar-refractivity contribution in [2.45, 2.75) is 26.2 Å². The molecule has 1 saturated heterocycles. The van der Waals surface area contributed by atoms with Gasteiger partial charge in [-0.3, -0.25) is 0 Å². The number of nitrogens with two attached hydrogens (primary N) is 1. The quantitative estimate of drug-likeness (QED) is 0.738. The summed E-state index contributed by atoms with van der Waals surface area (Å²) in [6.45, 7) is 4.35. The summed E-state index contributed by atoms with van der Waals surface area (Å²) in [5.41, 5.74) is 7.62. The van der Waals surface area contributed by atoms with Crippen molar-refractivity contribution in [3.63, 3.8) is 0 Å². The molecule has 2 N–H and O–H groups in total. The summed E-state index contributed by atoms with van der Waals surface area (Å²) < 4.78 is 0. The minimum Gasteiger partial charge on any atom is -0.397 e. The van der Waals surface area contributed by atoms with Gasteiger partial charge >= 0.3 is 0 Å². The Kier molecular flexibility index (Phi) is 2.57. The molecule has 2 rings (SSSR count). The van der Waals surface area contributed by atoms with Gasteiger partial charge in [0.25, 0.3) is 0 Å². The molecule has 1 aromatic heterocycles. The van der Waals surface area contributed by atoms with Crippen molar-refractivity contribution >= 4 is 11.5 Å². The number of nitrogen functional groups attached to an aromatic ring is 1. The van der Waals surface area contributed by atoms with Gasteiger partial charge in [0.1, 0.15) is 5.82 Å². The first-order chi connectivity index (χ1) is 6.77. The maximum Gasteiger partial charge on any atom is 0.131 e. The fraction of sp³-hybridized carbons (Fsp3) is 0.545. The maximum absolute atomic E-state index is 5.68. The highest BCUT2D eigenvalue weighted by Gasteiger charge is 2.13. The number of hydrogen-bond donors (Lipinski definition) is 1. The van der Waals surface area contributed by atoms with Gasteiger partial charge in [-0.1, -0.05) is 0 Å². The molecule has 0 atom stereocenters. The van der Waals surface area contributed by atoms with Crippen molar-refractivity contribution in [2.75, 3.05) is 23.7 Å². The monoisotopic (exact) mass is 191 g/mol. The Balaban J connectivity index is 2.22. The third-order valence-corrected chi connectivity index (χ3v) is 2.73. The molecule has 1 fully saturated rings. The van der Waals surface area contributed by atoms with Crippen LogP contribution in [-0.4, -0.2) is 18.1 Å². The first-order valence-electron chi connectivity index (χ1n) is 5.24. The summed E-state index contributed by atoms with van der Waals surface area (Å²) in [6, 6.07) is 2.00.